The van der Waals surface area contributed by atoms with Crippen molar-refractivity contribution in [1.82, 2.24) is 34.7 Å². The highest BCUT2D eigenvalue weighted by Gasteiger charge is 2.37. The molecule has 1 atom stereocenters. The Labute approximate surface area is 305 Å². The van der Waals surface area contributed by atoms with Crippen molar-refractivity contribution in [3.8, 4) is 5.69 Å². The number of piperazine rings is 1. The SMILES string of the molecule is C/C=C(\CN1CCN(C2COC2)CC1)C(=O)Nc1ccccc1.CCN1C(=O)C(NC(=O)c2ccn(C(F)(F)F)n2)Cc2cnn(-c3ccccc3)c21. The molecule has 2 saturated heterocycles. The Kier molecular flexibility index (Phi) is 11.7. The van der Waals surface area contributed by atoms with Crippen molar-refractivity contribution in [2.45, 2.75) is 38.7 Å². The summed E-state index contributed by atoms with van der Waals surface area (Å²) in [7, 11) is 0. The van der Waals surface area contributed by atoms with Gasteiger partial charge in [0.2, 0.25) is 0 Å². The van der Waals surface area contributed by atoms with Gasteiger partial charge in [0, 0.05) is 68.7 Å². The van der Waals surface area contributed by atoms with E-state index < -0.39 is 23.9 Å². The highest BCUT2D eigenvalue weighted by molar-refractivity contribution is 6.04. The second-order valence-electron chi connectivity index (χ2n) is 12.8. The fourth-order valence-corrected chi connectivity index (χ4v) is 6.39. The number of carbonyl (C=O) groups is 3. The number of likely N-dealkylation sites (N-methyl/N-ethyl adjacent to an activating group) is 1. The number of carbonyl (C=O) groups excluding carboxylic acids is 3. The monoisotopic (exact) mass is 733 g/mol. The quantitative estimate of drug-likeness (QED) is 0.249. The average molecular weight is 734 g/mol. The maximum absolute atomic E-state index is 13.0. The van der Waals surface area contributed by atoms with Crippen LogP contribution < -0.4 is 15.5 Å². The molecule has 280 valence electrons. The van der Waals surface area contributed by atoms with Gasteiger partial charge in [0.15, 0.2) is 0 Å². The molecule has 0 saturated carbocycles. The second-order valence-corrected chi connectivity index (χ2v) is 12.8. The van der Waals surface area contributed by atoms with Gasteiger partial charge in [-0.2, -0.15) is 14.9 Å². The van der Waals surface area contributed by atoms with Gasteiger partial charge < -0.3 is 15.4 Å². The van der Waals surface area contributed by atoms with Crippen molar-refractivity contribution < 1.29 is 32.3 Å². The molecular formula is C37H42F3N9O4. The number of ether oxygens (including phenoxy) is 1. The first-order chi connectivity index (χ1) is 25.5. The first-order valence-electron chi connectivity index (χ1n) is 17.5. The molecule has 2 aromatic heterocycles. The number of hydrogen-bond donors (Lipinski definition) is 2. The number of aromatic nitrogens is 4. The van der Waals surface area contributed by atoms with Crippen LogP contribution in [0.5, 0.6) is 0 Å². The Hall–Kier alpha value is -5.32. The minimum absolute atomic E-state index is 0.00600. The number of allylic oxidation sites excluding steroid dienone is 1. The average Bonchev–Trinajstić information content (AvgIpc) is 3.81. The molecule has 2 aromatic carbocycles. The van der Waals surface area contributed by atoms with E-state index >= 15 is 0 Å². The van der Waals surface area contributed by atoms with Crippen LogP contribution >= 0.6 is 0 Å². The molecule has 16 heteroatoms. The fraction of sp³-hybridized carbons (Fsp3) is 0.378. The largest absolute Gasteiger partial charge is 0.504 e. The molecule has 0 spiro atoms. The second kappa shape index (κ2) is 16.6. The van der Waals surface area contributed by atoms with Gasteiger partial charge in [0.05, 0.1) is 31.1 Å². The molecule has 0 radical (unpaired) electrons. The molecule has 0 bridgehead atoms. The van der Waals surface area contributed by atoms with Gasteiger partial charge in [-0.05, 0) is 44.2 Å². The van der Waals surface area contributed by atoms with Crippen LogP contribution in [-0.2, 0) is 27.0 Å². The summed E-state index contributed by atoms with van der Waals surface area (Å²) < 4.78 is 44.7. The number of amides is 3. The molecule has 5 heterocycles. The summed E-state index contributed by atoms with van der Waals surface area (Å²) in [5.41, 5.74) is 2.77. The van der Waals surface area contributed by atoms with Crippen LogP contribution in [0.15, 0.2) is 90.8 Å². The normalized spacial score (nSPS) is 18.4. The lowest BCUT2D eigenvalue weighted by atomic mass is 10.0. The van der Waals surface area contributed by atoms with Gasteiger partial charge in [-0.3, -0.25) is 29.1 Å². The zero-order valence-electron chi connectivity index (χ0n) is 29.5. The van der Waals surface area contributed by atoms with Crippen LogP contribution in [0.2, 0.25) is 0 Å². The number of para-hydroxylation sites is 2. The summed E-state index contributed by atoms with van der Waals surface area (Å²) in [6.45, 7) is 10.7. The molecule has 53 heavy (non-hydrogen) atoms. The Balaban J connectivity index is 0.000000188. The van der Waals surface area contributed by atoms with Gasteiger partial charge >= 0.3 is 6.30 Å². The van der Waals surface area contributed by atoms with Gasteiger partial charge in [0.25, 0.3) is 17.7 Å². The zero-order valence-corrected chi connectivity index (χ0v) is 29.5. The van der Waals surface area contributed by atoms with E-state index in [-0.39, 0.29) is 22.9 Å². The van der Waals surface area contributed by atoms with Crippen molar-refractivity contribution in [3.63, 3.8) is 0 Å². The number of halogens is 3. The smallest absolute Gasteiger partial charge is 0.378 e. The Morgan fingerprint density at radius 1 is 0.981 bits per heavy atom. The molecular weight excluding hydrogens is 691 g/mol. The Bertz CT molecular complexity index is 1900. The predicted molar refractivity (Wildman–Crippen MR) is 192 cm³/mol. The Morgan fingerprint density at radius 3 is 2.25 bits per heavy atom. The molecule has 3 aliphatic rings. The highest BCUT2D eigenvalue weighted by atomic mass is 19.4. The third-order valence-corrected chi connectivity index (χ3v) is 9.37. The first-order valence-corrected chi connectivity index (χ1v) is 17.5. The third kappa shape index (κ3) is 8.84. The molecule has 7 rings (SSSR count). The number of benzene rings is 2. The molecule has 3 amide bonds. The topological polar surface area (TPSA) is 130 Å². The van der Waals surface area contributed by atoms with E-state index in [1.165, 1.54) is 4.90 Å². The van der Waals surface area contributed by atoms with Crippen molar-refractivity contribution in [1.29, 1.82) is 0 Å². The summed E-state index contributed by atoms with van der Waals surface area (Å²) in [5.74, 6) is -0.619. The molecule has 4 aromatic rings. The van der Waals surface area contributed by atoms with Gasteiger partial charge in [-0.25, -0.2) is 4.68 Å². The number of nitrogens with zero attached hydrogens (tertiary/aromatic N) is 7. The molecule has 13 nitrogen and oxygen atoms in total. The van der Waals surface area contributed by atoms with Crippen LogP contribution in [0.25, 0.3) is 5.69 Å². The van der Waals surface area contributed by atoms with Crippen LogP contribution in [-0.4, -0.2) is 112 Å². The number of fused-ring (bicyclic) bond motifs is 1. The van der Waals surface area contributed by atoms with Crippen molar-refractivity contribution in [2.24, 2.45) is 0 Å². The summed E-state index contributed by atoms with van der Waals surface area (Å²) in [6.07, 6.45) is -0.361. The molecule has 2 fully saturated rings. The molecule has 3 aliphatic heterocycles. The lowest BCUT2D eigenvalue weighted by Crippen LogP contribution is -2.56. The van der Waals surface area contributed by atoms with E-state index in [2.05, 4.69) is 30.6 Å². The third-order valence-electron chi connectivity index (χ3n) is 9.37. The maximum Gasteiger partial charge on any atom is 0.504 e. The van der Waals surface area contributed by atoms with Crippen LogP contribution in [0, 0.1) is 0 Å². The van der Waals surface area contributed by atoms with E-state index in [1.807, 2.05) is 73.7 Å². The van der Waals surface area contributed by atoms with E-state index in [1.54, 1.807) is 17.8 Å². The number of alkyl halides is 3. The number of nitrogens with one attached hydrogen (secondary N) is 2. The minimum Gasteiger partial charge on any atom is -0.378 e. The van der Waals surface area contributed by atoms with E-state index in [0.717, 1.165) is 68.0 Å². The lowest BCUT2D eigenvalue weighted by Gasteiger charge is -2.42. The summed E-state index contributed by atoms with van der Waals surface area (Å²) in [6, 6.07) is 19.5. The fourth-order valence-electron chi connectivity index (χ4n) is 6.39. The van der Waals surface area contributed by atoms with Crippen LogP contribution in [0.3, 0.4) is 0 Å². The molecule has 1 unspecified atom stereocenters. The van der Waals surface area contributed by atoms with E-state index in [4.69, 9.17) is 4.74 Å². The number of anilines is 2. The lowest BCUT2D eigenvalue weighted by molar-refractivity contribution is -0.212. The molecule has 0 aliphatic carbocycles. The zero-order chi connectivity index (χ0) is 37.5. The first kappa shape index (κ1) is 37.4. The summed E-state index contributed by atoms with van der Waals surface area (Å²) in [5, 5.41) is 13.1. The maximum atomic E-state index is 13.0. The summed E-state index contributed by atoms with van der Waals surface area (Å²) >= 11 is 0. The predicted octanol–water partition coefficient (Wildman–Crippen LogP) is 3.84. The van der Waals surface area contributed by atoms with E-state index in [0.29, 0.717) is 31.1 Å². The van der Waals surface area contributed by atoms with Gasteiger partial charge in [-0.15, -0.1) is 13.2 Å². The Morgan fingerprint density at radius 2 is 1.66 bits per heavy atom. The number of hydrogen-bond acceptors (Lipinski definition) is 8. The van der Waals surface area contributed by atoms with Gasteiger partial charge in [-0.1, -0.05) is 42.5 Å². The summed E-state index contributed by atoms with van der Waals surface area (Å²) in [4.78, 5) is 44.2. The van der Waals surface area contributed by atoms with Crippen LogP contribution in [0.4, 0.5) is 24.7 Å². The number of rotatable bonds is 9. The van der Waals surface area contributed by atoms with Crippen molar-refractivity contribution in [3.05, 3.63) is 102 Å². The van der Waals surface area contributed by atoms with Crippen molar-refractivity contribution in [2.75, 3.05) is 62.7 Å². The van der Waals surface area contributed by atoms with E-state index in [9.17, 15) is 27.6 Å². The van der Waals surface area contributed by atoms with Gasteiger partial charge in [0.1, 0.15) is 17.6 Å². The highest BCUT2D eigenvalue weighted by Crippen LogP contribution is 2.30. The van der Waals surface area contributed by atoms with Crippen LogP contribution in [0.1, 0.15) is 29.9 Å². The minimum atomic E-state index is -4.72. The molecule has 2 N–H and O–H groups in total. The van der Waals surface area contributed by atoms with Crippen molar-refractivity contribution >= 4 is 29.2 Å². The standard InChI is InChI=1S/C19H17F3N6O2.C18H25N3O2/c1-2-26-17-12(11-23-28(17)13-6-4-3-5-7-13)10-15(18(26)30)24-16(29)14-8-9-27(25-14)19(20,21)22;1-2-15(18(22)19-16-6-4-3-5-7-16)12-20-8-10-21(11-9-20)17-13-23-14-17/h3-9,11,15H,2,10H2,1H3,(H,24,29);2-7,17H,8-14H2,1H3,(H,19,22)/b;15-2+.